The summed E-state index contributed by atoms with van der Waals surface area (Å²) in [5, 5.41) is 0. The number of esters is 1. The van der Waals surface area contributed by atoms with Crippen LogP contribution in [-0.2, 0) is 16.1 Å². The van der Waals surface area contributed by atoms with Crippen LogP contribution in [0.3, 0.4) is 0 Å². The highest BCUT2D eigenvalue weighted by molar-refractivity contribution is 6.09. The summed E-state index contributed by atoms with van der Waals surface area (Å²) < 4.78 is 7.62. The predicted octanol–water partition coefficient (Wildman–Crippen LogP) is 4.88. The molecular weight excluding hydrogens is 338 g/mol. The van der Waals surface area contributed by atoms with Crippen LogP contribution in [0.5, 0.6) is 0 Å². The van der Waals surface area contributed by atoms with Crippen molar-refractivity contribution in [3.63, 3.8) is 0 Å². The van der Waals surface area contributed by atoms with Crippen molar-refractivity contribution in [3.8, 4) is 0 Å². The lowest BCUT2D eigenvalue weighted by atomic mass is 9.99. The van der Waals surface area contributed by atoms with E-state index in [1.165, 1.54) is 0 Å². The van der Waals surface area contributed by atoms with Gasteiger partial charge in [-0.25, -0.2) is 0 Å². The maximum Gasteiger partial charge on any atom is 0.314 e. The number of ether oxygens (including phenoxy) is 1. The predicted molar refractivity (Wildman–Crippen MR) is 106 cm³/mol. The molecule has 1 aliphatic rings. The second-order valence-electron chi connectivity index (χ2n) is 7.85. The molecule has 4 heteroatoms. The van der Waals surface area contributed by atoms with Crippen molar-refractivity contribution in [2.24, 2.45) is 5.92 Å². The monoisotopic (exact) mass is 367 g/mol. The third-order valence-electron chi connectivity index (χ3n) is 5.28. The molecule has 0 fully saturated rings. The van der Waals surface area contributed by atoms with Gasteiger partial charge in [0.05, 0.1) is 18.2 Å². The Morgan fingerprint density at radius 2 is 1.93 bits per heavy atom. The van der Waals surface area contributed by atoms with E-state index < -0.39 is 0 Å². The van der Waals surface area contributed by atoms with E-state index in [4.69, 9.17) is 4.74 Å². The van der Waals surface area contributed by atoms with Crippen molar-refractivity contribution in [1.29, 1.82) is 0 Å². The second-order valence-corrected chi connectivity index (χ2v) is 7.85. The van der Waals surface area contributed by atoms with Crippen molar-refractivity contribution >= 4 is 11.8 Å². The number of rotatable bonds is 6. The highest BCUT2D eigenvalue weighted by Gasteiger charge is 2.31. The molecule has 4 nitrogen and oxygen atoms in total. The lowest BCUT2D eigenvalue weighted by Crippen LogP contribution is -2.20. The maximum atomic E-state index is 13.1. The number of ketones is 1. The zero-order chi connectivity index (χ0) is 19.4. The number of aromatic nitrogens is 1. The van der Waals surface area contributed by atoms with Gasteiger partial charge in [-0.3, -0.25) is 9.59 Å². The van der Waals surface area contributed by atoms with Crippen molar-refractivity contribution in [3.05, 3.63) is 58.9 Å². The minimum atomic E-state index is -0.282. The van der Waals surface area contributed by atoms with Gasteiger partial charge in [0.15, 0.2) is 0 Å². The van der Waals surface area contributed by atoms with Crippen LogP contribution in [0.2, 0.25) is 0 Å². The van der Waals surface area contributed by atoms with Crippen molar-refractivity contribution in [2.45, 2.75) is 58.9 Å². The second kappa shape index (κ2) is 8.55. The Kier molecular flexibility index (Phi) is 6.15. The topological polar surface area (TPSA) is 48.3 Å². The zero-order valence-electron chi connectivity index (χ0n) is 16.5. The molecule has 0 spiro atoms. The van der Waals surface area contributed by atoms with Gasteiger partial charge < -0.3 is 9.30 Å². The lowest BCUT2D eigenvalue weighted by Gasteiger charge is -2.17. The fourth-order valence-electron chi connectivity index (χ4n) is 3.77. The normalized spacial score (nSPS) is 16.7. The van der Waals surface area contributed by atoms with Crippen LogP contribution >= 0.6 is 0 Å². The number of carbonyl (C=O) groups excluding carboxylic acids is 2. The van der Waals surface area contributed by atoms with Crippen LogP contribution in [0.1, 0.15) is 72.8 Å². The first kappa shape index (κ1) is 19.4. The van der Waals surface area contributed by atoms with E-state index in [1.807, 2.05) is 43.3 Å². The van der Waals surface area contributed by atoms with Gasteiger partial charge in [0.2, 0.25) is 5.78 Å². The summed E-state index contributed by atoms with van der Waals surface area (Å²) in [6.45, 7) is 7.43. The van der Waals surface area contributed by atoms with Gasteiger partial charge in [-0.15, -0.1) is 0 Å². The zero-order valence-corrected chi connectivity index (χ0v) is 16.5. The summed E-state index contributed by atoms with van der Waals surface area (Å²) in [6.07, 6.45) is 3.58. The molecule has 3 rings (SSSR count). The minimum absolute atomic E-state index is 0.0215. The SMILES string of the molecule is Cc1cc2n(c1C(=O)c1ccccc1)CCCCC2C(=O)OCCC(C)C. The van der Waals surface area contributed by atoms with Gasteiger partial charge in [-0.2, -0.15) is 0 Å². The average molecular weight is 367 g/mol. The average Bonchev–Trinajstić information content (AvgIpc) is 2.83. The Balaban J connectivity index is 1.89. The van der Waals surface area contributed by atoms with Crippen molar-refractivity contribution < 1.29 is 14.3 Å². The molecule has 2 aromatic rings. The number of fused-ring (bicyclic) bond motifs is 1. The molecule has 0 radical (unpaired) electrons. The van der Waals surface area contributed by atoms with Crippen molar-refractivity contribution in [2.75, 3.05) is 6.61 Å². The van der Waals surface area contributed by atoms with E-state index in [0.29, 0.717) is 23.8 Å². The van der Waals surface area contributed by atoms with E-state index in [-0.39, 0.29) is 17.7 Å². The van der Waals surface area contributed by atoms with Gasteiger partial charge >= 0.3 is 5.97 Å². The first-order valence-corrected chi connectivity index (χ1v) is 9.95. The summed E-state index contributed by atoms with van der Waals surface area (Å²) in [4.78, 5) is 25.8. The summed E-state index contributed by atoms with van der Waals surface area (Å²) in [5.74, 6) is 0.0898. The molecule has 0 saturated heterocycles. The van der Waals surface area contributed by atoms with Gasteiger partial charge in [-0.1, -0.05) is 50.6 Å². The Labute approximate surface area is 161 Å². The highest BCUT2D eigenvalue weighted by atomic mass is 16.5. The molecule has 1 aromatic heterocycles. The lowest BCUT2D eigenvalue weighted by molar-refractivity contribution is -0.146. The fourth-order valence-corrected chi connectivity index (χ4v) is 3.77. The maximum absolute atomic E-state index is 13.1. The molecule has 1 aromatic carbocycles. The first-order valence-electron chi connectivity index (χ1n) is 9.95. The minimum Gasteiger partial charge on any atom is -0.465 e. The molecule has 0 amide bonds. The van der Waals surface area contributed by atoms with Gasteiger partial charge in [-0.05, 0) is 43.7 Å². The third kappa shape index (κ3) is 4.32. The standard InChI is InChI=1S/C23H29NO3/c1-16(2)12-14-27-23(26)19-11-7-8-13-24-20(19)15-17(3)21(24)22(25)18-9-5-4-6-10-18/h4-6,9-10,15-16,19H,7-8,11-14H2,1-3H3. The largest absolute Gasteiger partial charge is 0.465 e. The summed E-state index contributed by atoms with van der Waals surface area (Å²) in [7, 11) is 0. The highest BCUT2D eigenvalue weighted by Crippen LogP contribution is 2.32. The molecule has 1 unspecified atom stereocenters. The molecule has 0 bridgehead atoms. The van der Waals surface area contributed by atoms with Crippen LogP contribution in [0.15, 0.2) is 36.4 Å². The van der Waals surface area contributed by atoms with Crippen LogP contribution in [0, 0.1) is 12.8 Å². The van der Waals surface area contributed by atoms with Gasteiger partial charge in [0.25, 0.3) is 0 Å². The van der Waals surface area contributed by atoms with E-state index >= 15 is 0 Å². The van der Waals surface area contributed by atoms with Crippen LogP contribution < -0.4 is 0 Å². The van der Waals surface area contributed by atoms with E-state index in [9.17, 15) is 9.59 Å². The molecule has 0 saturated carbocycles. The molecule has 1 aliphatic heterocycles. The molecule has 0 N–H and O–H groups in total. The van der Waals surface area contributed by atoms with E-state index in [1.54, 1.807) is 0 Å². The van der Waals surface area contributed by atoms with Gasteiger partial charge in [0.1, 0.15) is 0 Å². The number of hydrogen-bond donors (Lipinski definition) is 0. The van der Waals surface area contributed by atoms with Gasteiger partial charge in [0, 0.05) is 17.8 Å². The van der Waals surface area contributed by atoms with E-state index in [0.717, 1.165) is 43.5 Å². The molecule has 144 valence electrons. The Hall–Kier alpha value is -2.36. The summed E-state index contributed by atoms with van der Waals surface area (Å²) >= 11 is 0. The third-order valence-corrected chi connectivity index (χ3v) is 5.28. The number of nitrogens with zero attached hydrogens (tertiary/aromatic N) is 1. The number of hydrogen-bond acceptors (Lipinski definition) is 3. The Morgan fingerprint density at radius 3 is 2.63 bits per heavy atom. The number of aryl methyl sites for hydroxylation is 1. The van der Waals surface area contributed by atoms with E-state index in [2.05, 4.69) is 18.4 Å². The molecular formula is C23H29NO3. The Bertz CT molecular complexity index is 805. The number of benzene rings is 1. The first-order chi connectivity index (χ1) is 13.0. The molecule has 2 heterocycles. The fraction of sp³-hybridized carbons (Fsp3) is 0.478. The Morgan fingerprint density at radius 1 is 1.19 bits per heavy atom. The van der Waals surface area contributed by atoms with Crippen LogP contribution in [0.4, 0.5) is 0 Å². The van der Waals surface area contributed by atoms with Crippen LogP contribution in [-0.4, -0.2) is 22.9 Å². The van der Waals surface area contributed by atoms with Crippen LogP contribution in [0.25, 0.3) is 0 Å². The molecule has 1 atom stereocenters. The summed E-state index contributed by atoms with van der Waals surface area (Å²) in [6, 6.07) is 11.4. The smallest absolute Gasteiger partial charge is 0.314 e. The quantitative estimate of drug-likeness (QED) is 0.540. The molecule has 27 heavy (non-hydrogen) atoms. The van der Waals surface area contributed by atoms with Crippen molar-refractivity contribution in [1.82, 2.24) is 4.57 Å². The summed E-state index contributed by atoms with van der Waals surface area (Å²) in [5.41, 5.74) is 3.25. The number of carbonyl (C=O) groups is 2. The molecule has 0 aliphatic carbocycles.